The molecule has 0 fully saturated rings. The summed E-state index contributed by atoms with van der Waals surface area (Å²) in [6.07, 6.45) is 0.276. The van der Waals surface area contributed by atoms with Crippen LogP contribution in [-0.4, -0.2) is 52.2 Å². The van der Waals surface area contributed by atoms with E-state index in [1.54, 1.807) is 62.8 Å². The second-order valence-corrected chi connectivity index (χ2v) is 7.92. The molecular formula is C27H27FN2O6. The quantitative estimate of drug-likeness (QED) is 0.445. The largest absolute Gasteiger partial charge is 0.497 e. The van der Waals surface area contributed by atoms with Gasteiger partial charge in [0.05, 0.1) is 52.9 Å². The Labute approximate surface area is 208 Å². The summed E-state index contributed by atoms with van der Waals surface area (Å²) in [6.45, 7) is 0. The van der Waals surface area contributed by atoms with Gasteiger partial charge in [0.1, 0.15) is 17.3 Å². The lowest BCUT2D eigenvalue weighted by atomic mass is 9.97. The van der Waals surface area contributed by atoms with E-state index >= 15 is 0 Å². The molecule has 0 saturated heterocycles. The number of ether oxygens (including phenoxy) is 5. The minimum atomic E-state index is -0.691. The highest BCUT2D eigenvalue weighted by molar-refractivity contribution is 6.06. The molecule has 0 saturated carbocycles. The molecule has 9 heteroatoms. The molecule has 4 rings (SSSR count). The predicted octanol–water partition coefficient (Wildman–Crippen LogP) is 4.86. The third kappa shape index (κ3) is 4.51. The van der Waals surface area contributed by atoms with Gasteiger partial charge in [-0.2, -0.15) is 5.10 Å². The van der Waals surface area contributed by atoms with Crippen LogP contribution >= 0.6 is 0 Å². The first-order chi connectivity index (χ1) is 17.4. The van der Waals surface area contributed by atoms with Crippen LogP contribution in [0.2, 0.25) is 0 Å². The van der Waals surface area contributed by atoms with Gasteiger partial charge in [0.25, 0.3) is 5.91 Å². The smallest absolute Gasteiger partial charge is 0.278 e. The minimum Gasteiger partial charge on any atom is -0.497 e. The minimum absolute atomic E-state index is 0.195. The molecule has 1 amide bonds. The van der Waals surface area contributed by atoms with Gasteiger partial charge in [-0.1, -0.05) is 18.2 Å². The van der Waals surface area contributed by atoms with Crippen molar-refractivity contribution in [3.05, 3.63) is 77.1 Å². The van der Waals surface area contributed by atoms with Crippen molar-refractivity contribution in [2.45, 2.75) is 12.5 Å². The highest BCUT2D eigenvalue weighted by Crippen LogP contribution is 2.43. The van der Waals surface area contributed by atoms with Crippen molar-refractivity contribution >= 4 is 11.6 Å². The first kappa shape index (κ1) is 24.8. The number of hydrazone groups is 1. The Morgan fingerprint density at radius 1 is 0.861 bits per heavy atom. The van der Waals surface area contributed by atoms with E-state index in [1.165, 1.54) is 32.4 Å². The van der Waals surface area contributed by atoms with Crippen molar-refractivity contribution in [2.75, 3.05) is 35.5 Å². The molecule has 1 aliphatic heterocycles. The molecule has 1 aliphatic rings. The highest BCUT2D eigenvalue weighted by Gasteiger charge is 2.37. The lowest BCUT2D eigenvalue weighted by Crippen LogP contribution is -2.28. The molecule has 188 valence electrons. The third-order valence-electron chi connectivity index (χ3n) is 6.00. The van der Waals surface area contributed by atoms with Gasteiger partial charge >= 0.3 is 0 Å². The van der Waals surface area contributed by atoms with E-state index in [1.807, 2.05) is 0 Å². The van der Waals surface area contributed by atoms with Crippen LogP contribution in [0.5, 0.6) is 28.7 Å². The number of hydrogen-bond acceptors (Lipinski definition) is 7. The molecule has 0 spiro atoms. The van der Waals surface area contributed by atoms with Gasteiger partial charge in [-0.05, 0) is 30.3 Å². The van der Waals surface area contributed by atoms with Crippen LogP contribution in [0.3, 0.4) is 0 Å². The van der Waals surface area contributed by atoms with Crippen molar-refractivity contribution < 1.29 is 32.9 Å². The van der Waals surface area contributed by atoms with Gasteiger partial charge in [0, 0.05) is 23.6 Å². The van der Waals surface area contributed by atoms with Gasteiger partial charge < -0.3 is 23.7 Å². The topological polar surface area (TPSA) is 78.8 Å². The van der Waals surface area contributed by atoms with Crippen molar-refractivity contribution in [2.24, 2.45) is 5.10 Å². The van der Waals surface area contributed by atoms with Crippen LogP contribution in [0.25, 0.3) is 0 Å². The first-order valence-corrected chi connectivity index (χ1v) is 11.1. The highest BCUT2D eigenvalue weighted by atomic mass is 19.1. The van der Waals surface area contributed by atoms with E-state index in [-0.39, 0.29) is 23.5 Å². The van der Waals surface area contributed by atoms with Crippen molar-refractivity contribution in [1.29, 1.82) is 0 Å². The van der Waals surface area contributed by atoms with E-state index in [0.29, 0.717) is 34.1 Å². The SMILES string of the molecule is COc1cc(OC)cc(C2=NN(C(=O)c3ccc(OC)c(OC)c3OC)C(c3ccccc3F)C2)c1. The Balaban J connectivity index is 1.84. The van der Waals surface area contributed by atoms with E-state index in [0.717, 1.165) is 0 Å². The molecule has 0 aliphatic carbocycles. The average Bonchev–Trinajstić information content (AvgIpc) is 3.36. The van der Waals surface area contributed by atoms with Gasteiger partial charge in [0.15, 0.2) is 11.5 Å². The Morgan fingerprint density at radius 2 is 1.53 bits per heavy atom. The fraction of sp³-hybridized carbons (Fsp3) is 0.259. The maximum absolute atomic E-state index is 14.9. The molecule has 0 bridgehead atoms. The standard InChI is InChI=1S/C27H27FN2O6/c1-32-17-12-16(13-18(14-17)33-2)22-15-23(19-8-6-7-9-21(19)28)30(29-22)27(31)20-10-11-24(34-3)26(36-5)25(20)35-4/h6-14,23H,15H2,1-5H3. The molecule has 0 N–H and O–H groups in total. The maximum Gasteiger partial charge on any atom is 0.278 e. The fourth-order valence-corrected chi connectivity index (χ4v) is 4.23. The predicted molar refractivity (Wildman–Crippen MR) is 132 cm³/mol. The summed E-state index contributed by atoms with van der Waals surface area (Å²) in [5.41, 5.74) is 1.82. The average molecular weight is 495 g/mol. The molecular weight excluding hydrogens is 467 g/mol. The number of rotatable bonds is 8. The Kier molecular flexibility index (Phi) is 7.28. The number of hydrogen-bond donors (Lipinski definition) is 0. The number of benzene rings is 3. The van der Waals surface area contributed by atoms with Gasteiger partial charge in [-0.3, -0.25) is 4.79 Å². The molecule has 0 radical (unpaired) electrons. The van der Waals surface area contributed by atoms with Crippen molar-refractivity contribution in [1.82, 2.24) is 5.01 Å². The molecule has 3 aromatic rings. The van der Waals surface area contributed by atoms with E-state index < -0.39 is 17.8 Å². The van der Waals surface area contributed by atoms with Gasteiger partial charge in [-0.15, -0.1) is 0 Å². The summed E-state index contributed by atoms with van der Waals surface area (Å²) < 4.78 is 42.0. The van der Waals surface area contributed by atoms with Crippen LogP contribution in [0.15, 0.2) is 59.7 Å². The zero-order valence-corrected chi connectivity index (χ0v) is 20.7. The number of methoxy groups -OCH3 is 5. The third-order valence-corrected chi connectivity index (χ3v) is 6.00. The zero-order valence-electron chi connectivity index (χ0n) is 20.7. The summed E-state index contributed by atoms with van der Waals surface area (Å²) in [5, 5.41) is 5.93. The van der Waals surface area contributed by atoms with E-state index in [4.69, 9.17) is 23.7 Å². The number of carbonyl (C=O) groups is 1. The van der Waals surface area contributed by atoms with Crippen LogP contribution in [0, 0.1) is 5.82 Å². The monoisotopic (exact) mass is 494 g/mol. The molecule has 3 aromatic carbocycles. The number of amides is 1. The van der Waals surface area contributed by atoms with E-state index in [9.17, 15) is 9.18 Å². The number of nitrogens with zero attached hydrogens (tertiary/aromatic N) is 2. The normalized spacial score (nSPS) is 14.8. The van der Waals surface area contributed by atoms with Crippen LogP contribution in [0.1, 0.15) is 33.9 Å². The first-order valence-electron chi connectivity index (χ1n) is 11.1. The lowest BCUT2D eigenvalue weighted by molar-refractivity contribution is 0.0704. The molecule has 1 heterocycles. The Bertz CT molecular complexity index is 1290. The fourth-order valence-electron chi connectivity index (χ4n) is 4.23. The summed E-state index contributed by atoms with van der Waals surface area (Å²) >= 11 is 0. The van der Waals surface area contributed by atoms with E-state index in [2.05, 4.69) is 5.10 Å². The summed E-state index contributed by atoms with van der Waals surface area (Å²) in [6, 6.07) is 14.2. The van der Waals surface area contributed by atoms with Gasteiger partial charge in [-0.25, -0.2) is 9.40 Å². The summed E-state index contributed by atoms with van der Waals surface area (Å²) in [5.74, 6) is 1.10. The van der Waals surface area contributed by atoms with Crippen LogP contribution in [0.4, 0.5) is 4.39 Å². The summed E-state index contributed by atoms with van der Waals surface area (Å²) in [4.78, 5) is 13.9. The lowest BCUT2D eigenvalue weighted by Gasteiger charge is -2.24. The zero-order chi connectivity index (χ0) is 25.8. The van der Waals surface area contributed by atoms with Gasteiger partial charge in [0.2, 0.25) is 5.75 Å². The molecule has 0 aromatic heterocycles. The van der Waals surface area contributed by atoms with Crippen LogP contribution < -0.4 is 23.7 Å². The number of halogens is 1. The Hall–Kier alpha value is -4.27. The second kappa shape index (κ2) is 10.6. The molecule has 36 heavy (non-hydrogen) atoms. The Morgan fingerprint density at radius 3 is 2.11 bits per heavy atom. The maximum atomic E-state index is 14.9. The van der Waals surface area contributed by atoms with Crippen molar-refractivity contribution in [3.63, 3.8) is 0 Å². The van der Waals surface area contributed by atoms with Crippen molar-refractivity contribution in [3.8, 4) is 28.7 Å². The molecule has 1 unspecified atom stereocenters. The molecule has 8 nitrogen and oxygen atoms in total. The second-order valence-electron chi connectivity index (χ2n) is 7.92. The van der Waals surface area contributed by atoms with Crippen LogP contribution in [-0.2, 0) is 0 Å². The molecule has 1 atom stereocenters. The number of carbonyl (C=O) groups excluding carboxylic acids is 1. The summed E-state index contributed by atoms with van der Waals surface area (Å²) in [7, 11) is 7.49.